The van der Waals surface area contributed by atoms with Crippen LogP contribution < -0.4 is 15.2 Å². The summed E-state index contributed by atoms with van der Waals surface area (Å²) in [7, 11) is -1.98. The van der Waals surface area contributed by atoms with Crippen molar-refractivity contribution in [1.82, 2.24) is 4.72 Å². The molecule has 0 aromatic heterocycles. The van der Waals surface area contributed by atoms with Crippen LogP contribution in [0.15, 0.2) is 41.3 Å². The Morgan fingerprint density at radius 2 is 1.74 bits per heavy atom. The molecule has 2 rings (SSSR count). The van der Waals surface area contributed by atoms with Crippen LogP contribution in [-0.4, -0.2) is 22.1 Å². The summed E-state index contributed by atoms with van der Waals surface area (Å²) in [6, 6.07) is 10.8. The molecule has 0 fully saturated rings. The molecule has 0 saturated carbocycles. The maximum Gasteiger partial charge on any atom is 0.240 e. The molecule has 0 bridgehead atoms. The number of hydrogen-bond donors (Lipinski definition) is 2. The van der Waals surface area contributed by atoms with Crippen molar-refractivity contribution < 1.29 is 13.2 Å². The Hall–Kier alpha value is -2.05. The molecule has 0 spiro atoms. The highest BCUT2D eigenvalue weighted by molar-refractivity contribution is 7.89. The Bertz CT molecular complexity index is 784. The molecule has 0 aliphatic carbocycles. The largest absolute Gasteiger partial charge is 0.496 e. The normalized spacial score (nSPS) is 11.4. The fraction of sp³-hybridized carbons (Fsp3) is 0.294. The summed E-state index contributed by atoms with van der Waals surface area (Å²) >= 11 is 0. The summed E-state index contributed by atoms with van der Waals surface area (Å²) in [5.41, 5.74) is 8.81. The quantitative estimate of drug-likeness (QED) is 0.795. The fourth-order valence-electron chi connectivity index (χ4n) is 2.36. The van der Waals surface area contributed by atoms with E-state index in [9.17, 15) is 8.42 Å². The Balaban J connectivity index is 2.10. The Morgan fingerprint density at radius 3 is 2.35 bits per heavy atom. The minimum atomic E-state index is -3.55. The summed E-state index contributed by atoms with van der Waals surface area (Å²) in [4.78, 5) is 0.285. The van der Waals surface area contributed by atoms with Crippen molar-refractivity contribution in [1.29, 1.82) is 0 Å². The van der Waals surface area contributed by atoms with Crippen LogP contribution in [0.5, 0.6) is 5.75 Å². The fourth-order valence-corrected chi connectivity index (χ4v) is 3.71. The van der Waals surface area contributed by atoms with Crippen molar-refractivity contribution in [3.63, 3.8) is 0 Å². The molecule has 0 aliphatic rings. The van der Waals surface area contributed by atoms with E-state index >= 15 is 0 Å². The Labute approximate surface area is 137 Å². The van der Waals surface area contributed by atoms with Crippen LogP contribution in [0.3, 0.4) is 0 Å². The van der Waals surface area contributed by atoms with Gasteiger partial charge < -0.3 is 10.5 Å². The molecule has 2 aromatic rings. The summed E-state index contributed by atoms with van der Waals surface area (Å²) in [6.07, 6.45) is 0.605. The molecule has 2 aromatic carbocycles. The van der Waals surface area contributed by atoms with Gasteiger partial charge in [-0.25, -0.2) is 13.1 Å². The lowest BCUT2D eigenvalue weighted by Crippen LogP contribution is -2.26. The van der Waals surface area contributed by atoms with Crippen molar-refractivity contribution in [3.8, 4) is 5.75 Å². The molecule has 0 radical (unpaired) electrons. The van der Waals surface area contributed by atoms with Crippen molar-refractivity contribution in [3.05, 3.63) is 53.1 Å². The molecule has 23 heavy (non-hydrogen) atoms. The standard InChI is InChI=1S/C17H22N2O3S/c1-12-11-17(13(2)10-16(12)22-3)23(20,21)19-9-8-14-4-6-15(18)7-5-14/h4-7,10-11,19H,8-9,18H2,1-3H3. The van der Waals surface area contributed by atoms with E-state index in [1.165, 1.54) is 0 Å². The van der Waals surface area contributed by atoms with Gasteiger partial charge in [0.25, 0.3) is 0 Å². The van der Waals surface area contributed by atoms with E-state index in [0.717, 1.165) is 11.1 Å². The lowest BCUT2D eigenvalue weighted by molar-refractivity contribution is 0.411. The van der Waals surface area contributed by atoms with E-state index in [0.29, 0.717) is 30.0 Å². The van der Waals surface area contributed by atoms with Crippen molar-refractivity contribution in [2.45, 2.75) is 25.2 Å². The molecule has 0 heterocycles. The van der Waals surface area contributed by atoms with Gasteiger partial charge in [-0.1, -0.05) is 12.1 Å². The van der Waals surface area contributed by atoms with Gasteiger partial charge in [0.2, 0.25) is 10.0 Å². The zero-order valence-corrected chi connectivity index (χ0v) is 14.4. The summed E-state index contributed by atoms with van der Waals surface area (Å²) in [5.74, 6) is 0.684. The summed E-state index contributed by atoms with van der Waals surface area (Å²) in [6.45, 7) is 3.92. The lowest BCUT2D eigenvalue weighted by Gasteiger charge is -2.13. The molecule has 0 saturated heterocycles. The van der Waals surface area contributed by atoms with E-state index in [4.69, 9.17) is 10.5 Å². The summed E-state index contributed by atoms with van der Waals surface area (Å²) in [5, 5.41) is 0. The second kappa shape index (κ2) is 7.02. The van der Waals surface area contributed by atoms with Crippen molar-refractivity contribution in [2.75, 3.05) is 19.4 Å². The van der Waals surface area contributed by atoms with E-state index in [1.54, 1.807) is 38.3 Å². The molecule has 0 amide bonds. The topological polar surface area (TPSA) is 81.4 Å². The van der Waals surface area contributed by atoms with E-state index in [1.807, 2.05) is 19.1 Å². The number of anilines is 1. The molecular formula is C17H22N2O3S. The van der Waals surface area contributed by atoms with Gasteiger partial charge >= 0.3 is 0 Å². The molecule has 0 aliphatic heterocycles. The molecule has 6 heteroatoms. The average molecular weight is 334 g/mol. The number of methoxy groups -OCH3 is 1. The first-order valence-electron chi connectivity index (χ1n) is 7.33. The molecule has 0 unspecified atom stereocenters. The number of sulfonamides is 1. The van der Waals surface area contributed by atoms with E-state index in [2.05, 4.69) is 4.72 Å². The van der Waals surface area contributed by atoms with E-state index < -0.39 is 10.0 Å². The number of aryl methyl sites for hydroxylation is 2. The van der Waals surface area contributed by atoms with E-state index in [-0.39, 0.29) is 4.90 Å². The SMILES string of the molecule is COc1cc(C)c(S(=O)(=O)NCCc2ccc(N)cc2)cc1C. The Kier molecular flexibility index (Phi) is 5.28. The second-order valence-electron chi connectivity index (χ2n) is 5.48. The first-order chi connectivity index (χ1) is 10.8. The first-order valence-corrected chi connectivity index (χ1v) is 8.81. The van der Waals surface area contributed by atoms with Crippen LogP contribution >= 0.6 is 0 Å². The molecular weight excluding hydrogens is 312 g/mol. The maximum atomic E-state index is 12.5. The molecule has 0 atom stereocenters. The third kappa shape index (κ3) is 4.24. The van der Waals surface area contributed by atoms with Gasteiger partial charge in [0.05, 0.1) is 12.0 Å². The molecule has 3 N–H and O–H groups in total. The number of hydrogen-bond acceptors (Lipinski definition) is 4. The van der Waals surface area contributed by atoms with Crippen molar-refractivity contribution in [2.24, 2.45) is 0 Å². The van der Waals surface area contributed by atoms with Crippen LogP contribution in [0.2, 0.25) is 0 Å². The van der Waals surface area contributed by atoms with Gasteiger partial charge in [0, 0.05) is 12.2 Å². The van der Waals surface area contributed by atoms with Gasteiger partial charge in [0.1, 0.15) is 5.75 Å². The minimum absolute atomic E-state index is 0.285. The summed E-state index contributed by atoms with van der Waals surface area (Å²) < 4.78 is 32.8. The molecule has 5 nitrogen and oxygen atoms in total. The van der Waals surface area contributed by atoms with Crippen LogP contribution in [0, 0.1) is 13.8 Å². The number of rotatable bonds is 6. The number of ether oxygens (including phenoxy) is 1. The highest BCUT2D eigenvalue weighted by atomic mass is 32.2. The predicted octanol–water partition coefficient (Wildman–Crippen LogP) is 2.42. The highest BCUT2D eigenvalue weighted by Gasteiger charge is 2.18. The van der Waals surface area contributed by atoms with Crippen LogP contribution in [0.4, 0.5) is 5.69 Å². The number of nitrogens with one attached hydrogen (secondary N) is 1. The van der Waals surface area contributed by atoms with Gasteiger partial charge in [-0.3, -0.25) is 0 Å². The second-order valence-corrected chi connectivity index (χ2v) is 7.21. The van der Waals surface area contributed by atoms with Gasteiger partial charge in [0.15, 0.2) is 0 Å². The van der Waals surface area contributed by atoms with Crippen molar-refractivity contribution >= 4 is 15.7 Å². The zero-order valence-electron chi connectivity index (χ0n) is 13.6. The molecule has 124 valence electrons. The van der Waals surface area contributed by atoms with Crippen LogP contribution in [0.25, 0.3) is 0 Å². The smallest absolute Gasteiger partial charge is 0.240 e. The lowest BCUT2D eigenvalue weighted by atomic mass is 10.1. The van der Waals surface area contributed by atoms with Gasteiger partial charge in [-0.05, 0) is 61.2 Å². The van der Waals surface area contributed by atoms with Crippen LogP contribution in [0.1, 0.15) is 16.7 Å². The Morgan fingerprint density at radius 1 is 1.09 bits per heavy atom. The maximum absolute atomic E-state index is 12.5. The van der Waals surface area contributed by atoms with Crippen LogP contribution in [-0.2, 0) is 16.4 Å². The number of benzene rings is 2. The minimum Gasteiger partial charge on any atom is -0.496 e. The van der Waals surface area contributed by atoms with Gasteiger partial charge in [-0.15, -0.1) is 0 Å². The first kappa shape index (κ1) is 17.3. The average Bonchev–Trinajstić information content (AvgIpc) is 2.51. The highest BCUT2D eigenvalue weighted by Crippen LogP contribution is 2.25. The number of nitrogens with two attached hydrogens (primary N) is 1. The predicted molar refractivity (Wildman–Crippen MR) is 92.2 cm³/mol. The third-order valence-electron chi connectivity index (χ3n) is 3.67. The third-order valence-corrected chi connectivity index (χ3v) is 5.27. The zero-order chi connectivity index (χ0) is 17.0. The number of nitrogen functional groups attached to an aromatic ring is 1. The monoisotopic (exact) mass is 334 g/mol. The van der Waals surface area contributed by atoms with Gasteiger partial charge in [-0.2, -0.15) is 0 Å².